The molecule has 192 valence electrons. The average Bonchev–Trinajstić information content (AvgIpc) is 3.41. The van der Waals surface area contributed by atoms with Crippen LogP contribution in [0.3, 0.4) is 0 Å². The number of halogens is 6. The fourth-order valence-electron chi connectivity index (χ4n) is 5.14. The molecule has 2 aliphatic rings. The Bertz CT molecular complexity index is 1320. The normalized spacial score (nSPS) is 23.9. The number of hydrogen-bond acceptors (Lipinski definition) is 6. The van der Waals surface area contributed by atoms with E-state index >= 15 is 0 Å². The minimum Gasteiger partial charge on any atom is -0.423 e. The van der Waals surface area contributed by atoms with Crippen molar-refractivity contribution in [3.63, 3.8) is 0 Å². The highest BCUT2D eigenvalue weighted by atomic mass is 19.4. The highest BCUT2D eigenvalue weighted by molar-refractivity contribution is 5.91. The summed E-state index contributed by atoms with van der Waals surface area (Å²) < 4.78 is 85.2. The van der Waals surface area contributed by atoms with E-state index in [4.69, 9.17) is 4.42 Å². The molecule has 1 aromatic carbocycles. The van der Waals surface area contributed by atoms with Gasteiger partial charge in [-0.3, -0.25) is 0 Å². The monoisotopic (exact) mass is 515 g/mol. The van der Waals surface area contributed by atoms with Crippen LogP contribution in [0.5, 0.6) is 0 Å². The minimum atomic E-state index is -4.91. The summed E-state index contributed by atoms with van der Waals surface area (Å²) in [6.45, 7) is 3.66. The van der Waals surface area contributed by atoms with E-state index in [0.717, 1.165) is 18.6 Å². The molecule has 3 aromatic rings. The zero-order valence-electron chi connectivity index (χ0n) is 18.9. The number of nitrogens with one attached hydrogen (secondary N) is 1. The van der Waals surface area contributed by atoms with E-state index in [1.165, 1.54) is 0 Å². The molecule has 2 aromatic heterocycles. The van der Waals surface area contributed by atoms with E-state index in [-0.39, 0.29) is 28.3 Å². The van der Waals surface area contributed by atoms with E-state index in [1.54, 1.807) is 11.8 Å². The van der Waals surface area contributed by atoms with Gasteiger partial charge in [0.05, 0.1) is 17.4 Å². The first-order chi connectivity index (χ1) is 16.8. The lowest BCUT2D eigenvalue weighted by Crippen LogP contribution is -2.70. The molecule has 1 N–H and O–H groups in total. The van der Waals surface area contributed by atoms with Crippen LogP contribution < -0.4 is 5.32 Å². The fourth-order valence-corrected chi connectivity index (χ4v) is 5.14. The minimum absolute atomic E-state index is 0.0799. The van der Waals surface area contributed by atoms with Gasteiger partial charge in [-0.15, -0.1) is 15.3 Å². The van der Waals surface area contributed by atoms with Gasteiger partial charge in [0, 0.05) is 25.1 Å². The van der Waals surface area contributed by atoms with Crippen LogP contribution in [0.2, 0.25) is 0 Å². The van der Waals surface area contributed by atoms with Gasteiger partial charge in [0.25, 0.3) is 0 Å². The predicted molar refractivity (Wildman–Crippen MR) is 110 cm³/mol. The second-order valence-electron chi connectivity index (χ2n) is 9.11. The summed E-state index contributed by atoms with van der Waals surface area (Å²) in [6, 6.07) is 1.79. The summed E-state index contributed by atoms with van der Waals surface area (Å²) in [6.07, 6.45) is -7.59. The number of benzene rings is 1. The Hall–Kier alpha value is -3.65. The standard InChI is InChI=1S/C21H19F6N7O2/c1-10-5-13-8-19(7-10,17-31-30-11(2)36-17)33(13)18(35)29-12-3-4-14(20(22,23)24)15(6-12)34-28-9-16(32-34)21(25,26)27/h3-4,6,9-10,13H,5,7-8H2,1-2H3,(H,29,35)/t10-,13?,19?/m1/s1. The Balaban J connectivity index is 1.47. The molecule has 15 heteroatoms. The average molecular weight is 515 g/mol. The third-order valence-corrected chi connectivity index (χ3v) is 6.46. The maximum atomic E-state index is 13.6. The van der Waals surface area contributed by atoms with E-state index in [1.807, 2.05) is 6.92 Å². The third-order valence-electron chi connectivity index (χ3n) is 6.46. The van der Waals surface area contributed by atoms with E-state index < -0.39 is 40.9 Å². The van der Waals surface area contributed by atoms with Crippen molar-refractivity contribution in [3.05, 3.63) is 47.4 Å². The molecule has 2 amide bonds. The van der Waals surface area contributed by atoms with Crippen molar-refractivity contribution in [2.24, 2.45) is 5.92 Å². The zero-order valence-corrected chi connectivity index (χ0v) is 18.9. The number of anilines is 1. The van der Waals surface area contributed by atoms with E-state index in [0.29, 0.717) is 31.0 Å². The van der Waals surface area contributed by atoms with Crippen molar-refractivity contribution in [2.45, 2.75) is 57.0 Å². The van der Waals surface area contributed by atoms with Crippen molar-refractivity contribution in [1.29, 1.82) is 0 Å². The maximum absolute atomic E-state index is 13.6. The third kappa shape index (κ3) is 3.95. The Morgan fingerprint density at radius 3 is 2.50 bits per heavy atom. The van der Waals surface area contributed by atoms with Crippen molar-refractivity contribution in [1.82, 2.24) is 30.1 Å². The van der Waals surface area contributed by atoms with Gasteiger partial charge >= 0.3 is 18.4 Å². The summed E-state index contributed by atoms with van der Waals surface area (Å²) >= 11 is 0. The first-order valence-electron chi connectivity index (χ1n) is 10.9. The second-order valence-corrected chi connectivity index (χ2v) is 9.11. The van der Waals surface area contributed by atoms with Crippen LogP contribution in [-0.4, -0.2) is 42.2 Å². The quantitative estimate of drug-likeness (QED) is 0.497. The molecule has 0 spiro atoms. The van der Waals surface area contributed by atoms with Crippen LogP contribution in [0.15, 0.2) is 28.8 Å². The highest BCUT2D eigenvalue weighted by Gasteiger charge is 2.62. The Kier molecular flexibility index (Phi) is 5.30. The van der Waals surface area contributed by atoms with Gasteiger partial charge in [-0.25, -0.2) is 4.79 Å². The highest BCUT2D eigenvalue weighted by Crippen LogP contribution is 2.55. The van der Waals surface area contributed by atoms with Crippen molar-refractivity contribution >= 4 is 11.7 Å². The summed E-state index contributed by atoms with van der Waals surface area (Å²) in [7, 11) is 0. The van der Waals surface area contributed by atoms with Gasteiger partial charge in [0.2, 0.25) is 11.8 Å². The zero-order chi connectivity index (χ0) is 26.0. The van der Waals surface area contributed by atoms with Crippen molar-refractivity contribution in [2.75, 3.05) is 5.32 Å². The SMILES string of the molecule is Cc1nnc(C23CC(C[C@@H](C)C2)N3C(=O)Nc2ccc(C(F)(F)F)c(-n3ncc(C(F)(F)F)n3)c2)o1. The summed E-state index contributed by atoms with van der Waals surface area (Å²) in [5.74, 6) is 0.886. The van der Waals surface area contributed by atoms with E-state index in [9.17, 15) is 31.1 Å². The number of amides is 2. The van der Waals surface area contributed by atoms with Crippen molar-refractivity contribution in [3.8, 4) is 5.69 Å². The Labute approximate surface area is 199 Å². The molecule has 5 rings (SSSR count). The van der Waals surface area contributed by atoms with Gasteiger partial charge in [0.15, 0.2) is 5.69 Å². The Morgan fingerprint density at radius 2 is 1.89 bits per heavy atom. The van der Waals surface area contributed by atoms with Crippen molar-refractivity contribution < 1.29 is 35.6 Å². The number of carbonyl (C=O) groups excluding carboxylic acids is 1. The fraction of sp³-hybridized carbons (Fsp3) is 0.476. The van der Waals surface area contributed by atoms with Gasteiger partial charge in [-0.2, -0.15) is 36.2 Å². The summed E-state index contributed by atoms with van der Waals surface area (Å²) in [5.41, 5.74) is -4.41. The van der Waals surface area contributed by atoms with Crippen LogP contribution in [0.25, 0.3) is 5.69 Å². The van der Waals surface area contributed by atoms with Crippen LogP contribution in [0, 0.1) is 12.8 Å². The molecule has 9 nitrogen and oxygen atoms in total. The first-order valence-corrected chi connectivity index (χ1v) is 10.9. The number of fused-ring (bicyclic) bond motifs is 2. The first kappa shape index (κ1) is 24.1. The van der Waals surface area contributed by atoms with Gasteiger partial charge in [-0.1, -0.05) is 6.92 Å². The van der Waals surface area contributed by atoms with E-state index in [2.05, 4.69) is 25.7 Å². The molecule has 3 atom stereocenters. The molecule has 1 aliphatic carbocycles. The van der Waals surface area contributed by atoms with Gasteiger partial charge < -0.3 is 14.6 Å². The Morgan fingerprint density at radius 1 is 1.14 bits per heavy atom. The van der Waals surface area contributed by atoms with Crippen LogP contribution >= 0.6 is 0 Å². The lowest BCUT2D eigenvalue weighted by atomic mass is 9.64. The van der Waals surface area contributed by atoms with Crippen LogP contribution in [-0.2, 0) is 17.9 Å². The number of aryl methyl sites for hydroxylation is 1. The number of likely N-dealkylation sites (tertiary alicyclic amines) is 1. The molecule has 2 unspecified atom stereocenters. The number of rotatable bonds is 3. The predicted octanol–water partition coefficient (Wildman–Crippen LogP) is 4.93. The van der Waals surface area contributed by atoms with Gasteiger partial charge in [0.1, 0.15) is 5.54 Å². The molecule has 0 radical (unpaired) electrons. The van der Waals surface area contributed by atoms with Crippen LogP contribution in [0.4, 0.5) is 36.8 Å². The lowest BCUT2D eigenvalue weighted by molar-refractivity contribution is -0.141. The molecule has 1 saturated heterocycles. The molecule has 1 saturated carbocycles. The topological polar surface area (TPSA) is 102 Å². The molecular weight excluding hydrogens is 496 g/mol. The summed E-state index contributed by atoms with van der Waals surface area (Å²) in [5, 5.41) is 17.0. The summed E-state index contributed by atoms with van der Waals surface area (Å²) in [4.78, 5) is 15.1. The molecule has 1 aliphatic heterocycles. The number of nitrogens with zero attached hydrogens (tertiary/aromatic N) is 6. The largest absolute Gasteiger partial charge is 0.436 e. The number of piperidine rings is 1. The molecular formula is C21H19F6N7O2. The number of alkyl halides is 6. The number of hydrogen-bond donors (Lipinski definition) is 1. The maximum Gasteiger partial charge on any atom is 0.436 e. The smallest absolute Gasteiger partial charge is 0.423 e. The molecule has 2 fully saturated rings. The molecule has 2 bridgehead atoms. The van der Waals surface area contributed by atoms with Gasteiger partial charge in [-0.05, 0) is 37.0 Å². The number of aromatic nitrogens is 5. The molecule has 36 heavy (non-hydrogen) atoms. The van der Waals surface area contributed by atoms with Crippen LogP contribution in [0.1, 0.15) is 49.2 Å². The lowest BCUT2D eigenvalue weighted by Gasteiger charge is -2.61. The number of carbonyl (C=O) groups is 1. The number of urea groups is 1. The second kappa shape index (κ2) is 7.93. The molecule has 3 heterocycles.